The molecular formula is C57H41NS. The SMILES string of the molecule is CC1(C)c2ccccc2-c2c(-c3ccccc3N(c3cccc(-c4ccc5c(c4)sc4ccccc45)c3)c3ccc(-c4ccccc4)c(-c4ccccc4)c3)cccc21. The quantitative estimate of drug-likeness (QED) is 0.156. The van der Waals surface area contributed by atoms with Crippen LogP contribution in [0.25, 0.3) is 75.8 Å². The highest BCUT2D eigenvalue weighted by Gasteiger charge is 2.37. The molecule has 0 N–H and O–H groups in total. The van der Waals surface area contributed by atoms with Gasteiger partial charge in [0.1, 0.15) is 0 Å². The molecular weight excluding hydrogens is 731 g/mol. The summed E-state index contributed by atoms with van der Waals surface area (Å²) in [5.74, 6) is 0. The van der Waals surface area contributed by atoms with Gasteiger partial charge in [-0.3, -0.25) is 0 Å². The van der Waals surface area contributed by atoms with Gasteiger partial charge in [-0.15, -0.1) is 11.3 Å². The van der Waals surface area contributed by atoms with Crippen molar-refractivity contribution < 1.29 is 0 Å². The maximum atomic E-state index is 2.48. The lowest BCUT2D eigenvalue weighted by Gasteiger charge is -2.30. The highest BCUT2D eigenvalue weighted by molar-refractivity contribution is 7.25. The highest BCUT2D eigenvalue weighted by atomic mass is 32.1. The molecule has 1 aliphatic carbocycles. The van der Waals surface area contributed by atoms with Crippen LogP contribution in [0.1, 0.15) is 25.0 Å². The smallest absolute Gasteiger partial charge is 0.0540 e. The number of hydrogen-bond acceptors (Lipinski definition) is 2. The Hall–Kier alpha value is -7.00. The molecule has 9 aromatic carbocycles. The third kappa shape index (κ3) is 5.91. The molecule has 0 atom stereocenters. The molecule has 11 rings (SSSR count). The predicted molar refractivity (Wildman–Crippen MR) is 253 cm³/mol. The zero-order chi connectivity index (χ0) is 39.5. The topological polar surface area (TPSA) is 3.24 Å². The molecule has 1 nitrogen and oxygen atoms in total. The summed E-state index contributed by atoms with van der Waals surface area (Å²) in [6, 6.07) is 78.2. The van der Waals surface area contributed by atoms with Crippen molar-refractivity contribution in [2.75, 3.05) is 4.90 Å². The van der Waals surface area contributed by atoms with Crippen molar-refractivity contribution in [2.45, 2.75) is 19.3 Å². The molecule has 280 valence electrons. The number of hydrogen-bond donors (Lipinski definition) is 0. The molecule has 0 unspecified atom stereocenters. The normalized spacial score (nSPS) is 12.7. The number of nitrogens with zero attached hydrogens (tertiary/aromatic N) is 1. The number of para-hydroxylation sites is 1. The van der Waals surface area contributed by atoms with E-state index in [4.69, 9.17) is 0 Å². The van der Waals surface area contributed by atoms with Gasteiger partial charge in [0.2, 0.25) is 0 Å². The van der Waals surface area contributed by atoms with Crippen molar-refractivity contribution in [3.63, 3.8) is 0 Å². The van der Waals surface area contributed by atoms with Gasteiger partial charge in [0, 0.05) is 42.5 Å². The number of benzene rings is 9. The third-order valence-electron chi connectivity index (χ3n) is 12.3. The van der Waals surface area contributed by atoms with Crippen LogP contribution in [-0.4, -0.2) is 0 Å². The predicted octanol–water partition coefficient (Wildman–Crippen LogP) is 16.5. The molecule has 1 aliphatic rings. The second-order valence-electron chi connectivity index (χ2n) is 16.1. The summed E-state index contributed by atoms with van der Waals surface area (Å²) in [6.45, 7) is 4.72. The van der Waals surface area contributed by atoms with Crippen molar-refractivity contribution in [1.29, 1.82) is 0 Å². The average Bonchev–Trinajstić information content (AvgIpc) is 3.79. The molecule has 2 heteroatoms. The number of rotatable bonds is 7. The van der Waals surface area contributed by atoms with Crippen LogP contribution in [-0.2, 0) is 5.41 Å². The first-order valence-corrected chi connectivity index (χ1v) is 21.2. The summed E-state index contributed by atoms with van der Waals surface area (Å²) in [6.07, 6.45) is 0. The number of thiophene rings is 1. The Balaban J connectivity index is 1.14. The molecule has 0 saturated heterocycles. The highest BCUT2D eigenvalue weighted by Crippen LogP contribution is 2.54. The standard InChI is InChI=1S/C57H41NS/c1-57(2)51-27-12-9-25-49(51)56-48(26-16-28-52(56)57)45-23-10-13-29-53(45)58(43-32-34-44(38-17-5-3-6-18-38)50(37-43)39-19-7-4-8-20-39)42-22-15-21-40(35-42)41-31-33-47-46-24-11-14-30-54(46)59-55(47)36-41/h3-37H,1-2H3. The van der Waals surface area contributed by atoms with Crippen LogP contribution in [0, 0.1) is 0 Å². The molecule has 0 spiro atoms. The van der Waals surface area contributed by atoms with Gasteiger partial charge >= 0.3 is 0 Å². The van der Waals surface area contributed by atoms with Crippen LogP contribution in [0.15, 0.2) is 212 Å². The van der Waals surface area contributed by atoms with E-state index < -0.39 is 0 Å². The monoisotopic (exact) mass is 771 g/mol. The Labute approximate surface area is 350 Å². The van der Waals surface area contributed by atoms with E-state index in [9.17, 15) is 0 Å². The first-order valence-electron chi connectivity index (χ1n) is 20.4. The fraction of sp³-hybridized carbons (Fsp3) is 0.0526. The Morgan fingerprint density at radius 1 is 0.356 bits per heavy atom. The van der Waals surface area contributed by atoms with Gasteiger partial charge in [-0.05, 0) is 104 Å². The fourth-order valence-electron chi connectivity index (χ4n) is 9.43. The first-order chi connectivity index (χ1) is 29.0. The number of fused-ring (bicyclic) bond motifs is 6. The lowest BCUT2D eigenvalue weighted by molar-refractivity contribution is 0.660. The largest absolute Gasteiger partial charge is 0.310 e. The van der Waals surface area contributed by atoms with E-state index in [2.05, 4.69) is 231 Å². The third-order valence-corrected chi connectivity index (χ3v) is 13.4. The molecule has 59 heavy (non-hydrogen) atoms. The van der Waals surface area contributed by atoms with Crippen molar-refractivity contribution >= 4 is 48.6 Å². The van der Waals surface area contributed by atoms with Gasteiger partial charge in [-0.2, -0.15) is 0 Å². The van der Waals surface area contributed by atoms with Crippen LogP contribution in [0.2, 0.25) is 0 Å². The van der Waals surface area contributed by atoms with Gasteiger partial charge in [-0.1, -0.05) is 184 Å². The van der Waals surface area contributed by atoms with Crippen LogP contribution in [0.4, 0.5) is 17.1 Å². The van der Waals surface area contributed by atoms with Gasteiger partial charge in [0.05, 0.1) is 5.69 Å². The van der Waals surface area contributed by atoms with Crippen LogP contribution in [0.3, 0.4) is 0 Å². The van der Waals surface area contributed by atoms with Crippen molar-refractivity contribution in [3.05, 3.63) is 223 Å². The summed E-state index contributed by atoms with van der Waals surface area (Å²) < 4.78 is 2.63. The minimum Gasteiger partial charge on any atom is -0.310 e. The van der Waals surface area contributed by atoms with Crippen molar-refractivity contribution in [2.24, 2.45) is 0 Å². The van der Waals surface area contributed by atoms with Crippen molar-refractivity contribution in [3.8, 4) is 55.6 Å². The Bertz CT molecular complexity index is 3190. The molecule has 1 aromatic heterocycles. The van der Waals surface area contributed by atoms with Gasteiger partial charge in [-0.25, -0.2) is 0 Å². The Morgan fingerprint density at radius 2 is 0.949 bits per heavy atom. The van der Waals surface area contributed by atoms with E-state index in [-0.39, 0.29) is 5.41 Å². The van der Waals surface area contributed by atoms with Gasteiger partial charge in [0.25, 0.3) is 0 Å². The summed E-state index contributed by atoms with van der Waals surface area (Å²) in [5.41, 5.74) is 18.3. The van der Waals surface area contributed by atoms with Gasteiger partial charge < -0.3 is 4.90 Å². The van der Waals surface area contributed by atoms with Gasteiger partial charge in [0.15, 0.2) is 0 Å². The zero-order valence-corrected chi connectivity index (χ0v) is 33.9. The Kier molecular flexibility index (Phi) is 8.43. The maximum absolute atomic E-state index is 2.48. The summed E-state index contributed by atoms with van der Waals surface area (Å²) in [7, 11) is 0. The van der Waals surface area contributed by atoms with E-state index in [1.807, 2.05) is 11.3 Å². The van der Waals surface area contributed by atoms with Crippen LogP contribution < -0.4 is 4.90 Å². The minimum absolute atomic E-state index is 0.0989. The molecule has 0 aliphatic heterocycles. The summed E-state index contributed by atoms with van der Waals surface area (Å²) in [5, 5.41) is 2.63. The molecule has 0 bridgehead atoms. The second kappa shape index (κ2) is 14.1. The first kappa shape index (κ1) is 35.2. The molecule has 0 radical (unpaired) electrons. The van der Waals surface area contributed by atoms with Crippen LogP contribution >= 0.6 is 11.3 Å². The van der Waals surface area contributed by atoms with Crippen LogP contribution in [0.5, 0.6) is 0 Å². The maximum Gasteiger partial charge on any atom is 0.0540 e. The molecule has 0 saturated carbocycles. The van der Waals surface area contributed by atoms with E-state index in [1.54, 1.807) is 0 Å². The average molecular weight is 772 g/mol. The fourth-order valence-corrected chi connectivity index (χ4v) is 10.6. The van der Waals surface area contributed by atoms with E-state index in [1.165, 1.54) is 86.9 Å². The van der Waals surface area contributed by atoms with E-state index >= 15 is 0 Å². The van der Waals surface area contributed by atoms with Crippen molar-refractivity contribution in [1.82, 2.24) is 0 Å². The Morgan fingerprint density at radius 3 is 1.78 bits per heavy atom. The number of anilines is 3. The minimum atomic E-state index is -0.0989. The molecule has 1 heterocycles. The van der Waals surface area contributed by atoms with E-state index in [0.717, 1.165) is 17.1 Å². The lowest BCUT2D eigenvalue weighted by atomic mass is 9.82. The molecule has 0 fully saturated rings. The lowest BCUT2D eigenvalue weighted by Crippen LogP contribution is -2.15. The molecule has 10 aromatic rings. The summed E-state index contributed by atoms with van der Waals surface area (Å²) >= 11 is 1.87. The zero-order valence-electron chi connectivity index (χ0n) is 33.1. The van der Waals surface area contributed by atoms with E-state index in [0.29, 0.717) is 0 Å². The second-order valence-corrected chi connectivity index (χ2v) is 17.2. The molecule has 0 amide bonds. The summed E-state index contributed by atoms with van der Waals surface area (Å²) in [4.78, 5) is 2.48.